The summed E-state index contributed by atoms with van der Waals surface area (Å²) in [6.07, 6.45) is 1.69. The van der Waals surface area contributed by atoms with E-state index in [-0.39, 0.29) is 12.0 Å². The number of carbonyl (C=O) groups excluding carboxylic acids is 1. The molecule has 68 valence electrons. The van der Waals surface area contributed by atoms with Gasteiger partial charge in [-0.3, -0.25) is 4.79 Å². The largest absolute Gasteiger partial charge is 0.368 e. The van der Waals surface area contributed by atoms with Gasteiger partial charge in [0.25, 0.3) is 5.91 Å². The number of ether oxygens (including phenoxy) is 2. The first kappa shape index (κ1) is 8.01. The van der Waals surface area contributed by atoms with Gasteiger partial charge in [-0.1, -0.05) is 0 Å². The van der Waals surface area contributed by atoms with Crippen LogP contribution in [0.5, 0.6) is 0 Å². The van der Waals surface area contributed by atoms with Crippen molar-refractivity contribution in [2.45, 2.75) is 18.9 Å². The third kappa shape index (κ3) is 1.44. The first-order chi connectivity index (χ1) is 5.88. The Labute approximate surface area is 71.4 Å². The number of amides is 1. The second-order valence-electron chi connectivity index (χ2n) is 3.14. The molecule has 4 nitrogen and oxygen atoms in total. The summed E-state index contributed by atoms with van der Waals surface area (Å²) in [5.41, 5.74) is 0. The normalized spacial score (nSPS) is 29.7. The van der Waals surface area contributed by atoms with Crippen LogP contribution in [0.1, 0.15) is 12.8 Å². The van der Waals surface area contributed by atoms with E-state index in [1.54, 1.807) is 4.90 Å². The van der Waals surface area contributed by atoms with Gasteiger partial charge in [0, 0.05) is 13.2 Å². The lowest BCUT2D eigenvalue weighted by Crippen LogP contribution is -2.37. The van der Waals surface area contributed by atoms with E-state index in [2.05, 4.69) is 0 Å². The van der Waals surface area contributed by atoms with E-state index in [4.69, 9.17) is 9.47 Å². The minimum absolute atomic E-state index is 0.102. The molecule has 0 spiro atoms. The molecule has 0 aromatic carbocycles. The molecule has 2 aliphatic heterocycles. The van der Waals surface area contributed by atoms with Gasteiger partial charge in [-0.2, -0.15) is 0 Å². The monoisotopic (exact) mass is 171 g/mol. The molecule has 1 unspecified atom stereocenters. The zero-order valence-electron chi connectivity index (χ0n) is 6.99. The van der Waals surface area contributed by atoms with Crippen LogP contribution in [0.2, 0.25) is 0 Å². The number of carbonyl (C=O) groups is 1. The van der Waals surface area contributed by atoms with Gasteiger partial charge in [-0.15, -0.1) is 0 Å². The molecular formula is C8H13NO3. The van der Waals surface area contributed by atoms with Gasteiger partial charge in [0.15, 0.2) is 0 Å². The maximum Gasteiger partial charge on any atom is 0.253 e. The molecule has 2 saturated heterocycles. The molecule has 0 radical (unpaired) electrons. The lowest BCUT2D eigenvalue weighted by atomic mass is 10.2. The SMILES string of the molecule is O=C(C1CCCO1)N1CCOC1. The van der Waals surface area contributed by atoms with Crippen molar-refractivity contribution in [3.05, 3.63) is 0 Å². The number of hydrogen-bond donors (Lipinski definition) is 0. The Morgan fingerprint density at radius 3 is 2.92 bits per heavy atom. The third-order valence-electron chi connectivity index (χ3n) is 2.27. The highest BCUT2D eigenvalue weighted by Gasteiger charge is 2.29. The summed E-state index contributed by atoms with van der Waals surface area (Å²) in [4.78, 5) is 13.3. The second-order valence-corrected chi connectivity index (χ2v) is 3.14. The van der Waals surface area contributed by atoms with Crippen molar-refractivity contribution in [1.82, 2.24) is 4.90 Å². The summed E-state index contributed by atoms with van der Waals surface area (Å²) in [7, 11) is 0. The van der Waals surface area contributed by atoms with Crippen molar-refractivity contribution in [2.75, 3.05) is 26.5 Å². The summed E-state index contributed by atoms with van der Waals surface area (Å²) in [6.45, 7) is 2.56. The summed E-state index contributed by atoms with van der Waals surface area (Å²) < 4.78 is 10.4. The zero-order chi connectivity index (χ0) is 8.39. The summed E-state index contributed by atoms with van der Waals surface area (Å²) in [6, 6.07) is 0. The molecule has 4 heteroatoms. The van der Waals surface area contributed by atoms with Crippen molar-refractivity contribution in [2.24, 2.45) is 0 Å². The Morgan fingerprint density at radius 1 is 1.42 bits per heavy atom. The maximum atomic E-state index is 11.6. The molecule has 2 fully saturated rings. The minimum atomic E-state index is -0.188. The smallest absolute Gasteiger partial charge is 0.253 e. The fraction of sp³-hybridized carbons (Fsp3) is 0.875. The molecule has 0 bridgehead atoms. The molecule has 1 atom stereocenters. The molecule has 2 aliphatic rings. The van der Waals surface area contributed by atoms with E-state index in [9.17, 15) is 4.79 Å². The maximum absolute atomic E-state index is 11.6. The number of hydrogen-bond acceptors (Lipinski definition) is 3. The minimum Gasteiger partial charge on any atom is -0.368 e. The van der Waals surface area contributed by atoms with Gasteiger partial charge in [0.2, 0.25) is 0 Å². The van der Waals surface area contributed by atoms with Crippen LogP contribution >= 0.6 is 0 Å². The molecule has 1 amide bonds. The molecular weight excluding hydrogens is 158 g/mol. The molecule has 0 saturated carbocycles. The fourth-order valence-corrected chi connectivity index (χ4v) is 1.56. The van der Waals surface area contributed by atoms with Crippen LogP contribution in [-0.2, 0) is 14.3 Å². The first-order valence-corrected chi connectivity index (χ1v) is 4.36. The third-order valence-corrected chi connectivity index (χ3v) is 2.27. The van der Waals surface area contributed by atoms with Crippen LogP contribution in [0, 0.1) is 0 Å². The highest BCUT2D eigenvalue weighted by molar-refractivity contribution is 5.81. The predicted molar refractivity (Wildman–Crippen MR) is 41.5 cm³/mol. The van der Waals surface area contributed by atoms with Crippen molar-refractivity contribution < 1.29 is 14.3 Å². The Morgan fingerprint density at radius 2 is 2.33 bits per heavy atom. The molecule has 0 N–H and O–H groups in total. The van der Waals surface area contributed by atoms with E-state index in [0.29, 0.717) is 13.3 Å². The molecule has 2 heterocycles. The summed E-state index contributed by atoms with van der Waals surface area (Å²) in [5.74, 6) is 0.102. The zero-order valence-corrected chi connectivity index (χ0v) is 6.99. The van der Waals surface area contributed by atoms with Crippen LogP contribution < -0.4 is 0 Å². The molecule has 0 aromatic rings. The van der Waals surface area contributed by atoms with Gasteiger partial charge in [0.1, 0.15) is 12.8 Å². The molecule has 12 heavy (non-hydrogen) atoms. The van der Waals surface area contributed by atoms with E-state index in [1.807, 2.05) is 0 Å². The van der Waals surface area contributed by atoms with Crippen molar-refractivity contribution in [3.63, 3.8) is 0 Å². The van der Waals surface area contributed by atoms with Crippen molar-refractivity contribution in [1.29, 1.82) is 0 Å². The quantitative estimate of drug-likeness (QED) is 0.556. The van der Waals surface area contributed by atoms with Gasteiger partial charge in [0.05, 0.1) is 6.61 Å². The Balaban J connectivity index is 1.89. The van der Waals surface area contributed by atoms with Crippen LogP contribution in [0.25, 0.3) is 0 Å². The lowest BCUT2D eigenvalue weighted by Gasteiger charge is -2.17. The fourth-order valence-electron chi connectivity index (χ4n) is 1.56. The average Bonchev–Trinajstić information content (AvgIpc) is 2.77. The molecule has 0 aliphatic carbocycles. The highest BCUT2D eigenvalue weighted by atomic mass is 16.5. The Bertz CT molecular complexity index is 153. The van der Waals surface area contributed by atoms with Gasteiger partial charge < -0.3 is 14.4 Å². The summed E-state index contributed by atoms with van der Waals surface area (Å²) >= 11 is 0. The molecule has 2 rings (SSSR count). The second kappa shape index (κ2) is 3.41. The van der Waals surface area contributed by atoms with E-state index >= 15 is 0 Å². The molecule has 0 aromatic heterocycles. The lowest BCUT2D eigenvalue weighted by molar-refractivity contribution is -0.141. The van der Waals surface area contributed by atoms with Crippen molar-refractivity contribution in [3.8, 4) is 0 Å². The van der Waals surface area contributed by atoms with Gasteiger partial charge in [-0.05, 0) is 12.8 Å². The van der Waals surface area contributed by atoms with Crippen LogP contribution in [0.3, 0.4) is 0 Å². The van der Waals surface area contributed by atoms with E-state index < -0.39 is 0 Å². The first-order valence-electron chi connectivity index (χ1n) is 4.36. The number of rotatable bonds is 1. The highest BCUT2D eigenvalue weighted by Crippen LogP contribution is 2.15. The average molecular weight is 171 g/mol. The van der Waals surface area contributed by atoms with Gasteiger partial charge in [-0.25, -0.2) is 0 Å². The van der Waals surface area contributed by atoms with Gasteiger partial charge >= 0.3 is 0 Å². The van der Waals surface area contributed by atoms with Crippen molar-refractivity contribution >= 4 is 5.91 Å². The Hall–Kier alpha value is -0.610. The number of nitrogens with zero attached hydrogens (tertiary/aromatic N) is 1. The summed E-state index contributed by atoms with van der Waals surface area (Å²) in [5, 5.41) is 0. The predicted octanol–water partition coefficient (Wildman–Crippen LogP) is -0.0183. The van der Waals surface area contributed by atoms with E-state index in [0.717, 1.165) is 26.0 Å². The van der Waals surface area contributed by atoms with Crippen LogP contribution in [0.4, 0.5) is 0 Å². The van der Waals surface area contributed by atoms with Crippen LogP contribution in [0.15, 0.2) is 0 Å². The Kier molecular flexibility index (Phi) is 2.28. The standard InChI is InChI=1S/C8H13NO3/c10-8(7-2-1-4-12-7)9-3-5-11-6-9/h7H,1-6H2. The van der Waals surface area contributed by atoms with E-state index in [1.165, 1.54) is 0 Å². The van der Waals surface area contributed by atoms with Crippen LogP contribution in [-0.4, -0.2) is 43.4 Å². The topological polar surface area (TPSA) is 38.8 Å².